The molecule has 1 aliphatic rings. The molecule has 0 aliphatic carbocycles. The van der Waals surface area contributed by atoms with Crippen LogP contribution in [-0.2, 0) is 4.79 Å². The Morgan fingerprint density at radius 3 is 2.33 bits per heavy atom. The van der Waals surface area contributed by atoms with Crippen molar-refractivity contribution < 1.29 is 4.79 Å². The van der Waals surface area contributed by atoms with E-state index in [1.165, 1.54) is 0 Å². The van der Waals surface area contributed by atoms with Gasteiger partial charge in [0.1, 0.15) is 0 Å². The fourth-order valence-electron chi connectivity index (χ4n) is 1.74. The minimum Gasteiger partial charge on any atom is -0.306 e. The fourth-order valence-corrected chi connectivity index (χ4v) is 2.06. The Balaban J connectivity index is 2.63. The minimum atomic E-state index is -0.214. The number of carbonyl (C=O) groups excluding carboxylic acids is 1. The minimum absolute atomic E-state index is 0.141. The number of hydrogen-bond donors (Lipinski definition) is 0. The molecule has 3 heteroatoms. The second kappa shape index (κ2) is 3.75. The Morgan fingerprint density at radius 1 is 1.50 bits per heavy atom. The number of nitrogens with zero attached hydrogens (tertiary/aromatic N) is 1. The summed E-state index contributed by atoms with van der Waals surface area (Å²) in [6.45, 7) is 4.03. The highest BCUT2D eigenvalue weighted by atomic mass is 35.5. The second-order valence-electron chi connectivity index (χ2n) is 3.71. The topological polar surface area (TPSA) is 20.3 Å². The summed E-state index contributed by atoms with van der Waals surface area (Å²) >= 11 is 5.60. The Labute approximate surface area is 78.9 Å². The van der Waals surface area contributed by atoms with E-state index in [0.717, 1.165) is 32.4 Å². The number of hydrogen-bond acceptors (Lipinski definition) is 2. The van der Waals surface area contributed by atoms with Gasteiger partial charge in [0, 0.05) is 5.41 Å². The first kappa shape index (κ1) is 10.0. The molecular formula is C9H16ClNO. The number of likely N-dealkylation sites (tertiary alicyclic amines) is 1. The van der Waals surface area contributed by atoms with Gasteiger partial charge in [0.25, 0.3) is 0 Å². The lowest BCUT2D eigenvalue weighted by Crippen LogP contribution is -2.40. The first-order valence-electron chi connectivity index (χ1n) is 4.49. The van der Waals surface area contributed by atoms with Crippen molar-refractivity contribution in [1.29, 1.82) is 0 Å². The van der Waals surface area contributed by atoms with E-state index in [0.29, 0.717) is 0 Å². The predicted molar refractivity (Wildman–Crippen MR) is 50.3 cm³/mol. The van der Waals surface area contributed by atoms with E-state index in [9.17, 15) is 4.79 Å². The molecule has 0 atom stereocenters. The molecule has 2 nitrogen and oxygen atoms in total. The summed E-state index contributed by atoms with van der Waals surface area (Å²) in [7, 11) is 2.08. The third-order valence-corrected chi connectivity index (χ3v) is 3.44. The molecule has 0 bridgehead atoms. The van der Waals surface area contributed by atoms with E-state index in [4.69, 9.17) is 11.6 Å². The smallest absolute Gasteiger partial charge is 0.227 e. The molecule has 1 aliphatic heterocycles. The lowest BCUT2D eigenvalue weighted by Gasteiger charge is -2.37. The molecule has 0 radical (unpaired) electrons. The summed E-state index contributed by atoms with van der Waals surface area (Å²) in [4.78, 5) is 13.4. The zero-order valence-corrected chi connectivity index (χ0v) is 8.52. The summed E-state index contributed by atoms with van der Waals surface area (Å²) < 4.78 is 0. The first-order valence-corrected chi connectivity index (χ1v) is 4.87. The number of rotatable bonds is 2. The third kappa shape index (κ3) is 1.80. The van der Waals surface area contributed by atoms with Crippen LogP contribution in [0.1, 0.15) is 26.2 Å². The van der Waals surface area contributed by atoms with Crippen molar-refractivity contribution in [3.63, 3.8) is 0 Å². The Morgan fingerprint density at radius 2 is 2.00 bits per heavy atom. The Kier molecular flexibility index (Phi) is 3.13. The molecule has 1 fully saturated rings. The summed E-state index contributed by atoms with van der Waals surface area (Å²) in [5, 5.41) is -0.141. The fraction of sp³-hybridized carbons (Fsp3) is 0.889. The molecule has 0 N–H and O–H groups in total. The van der Waals surface area contributed by atoms with Gasteiger partial charge in [0.2, 0.25) is 5.24 Å². The molecule has 1 heterocycles. The van der Waals surface area contributed by atoms with Gasteiger partial charge in [0.15, 0.2) is 0 Å². The standard InChI is InChI=1S/C9H16ClNO/c1-3-9(8(10)12)4-6-11(2)7-5-9/h3-7H2,1-2H3. The highest BCUT2D eigenvalue weighted by Crippen LogP contribution is 2.36. The van der Waals surface area contributed by atoms with Crippen LogP contribution in [0.2, 0.25) is 0 Å². The van der Waals surface area contributed by atoms with Crippen molar-refractivity contribution in [3.8, 4) is 0 Å². The molecule has 0 aromatic heterocycles. The van der Waals surface area contributed by atoms with Crippen molar-refractivity contribution in [3.05, 3.63) is 0 Å². The predicted octanol–water partition coefficient (Wildman–Crippen LogP) is 1.87. The Bertz CT molecular complexity index is 173. The average Bonchev–Trinajstić information content (AvgIpc) is 2.06. The maximum Gasteiger partial charge on any atom is 0.227 e. The molecular weight excluding hydrogens is 174 g/mol. The van der Waals surface area contributed by atoms with Gasteiger partial charge in [-0.15, -0.1) is 0 Å². The molecule has 70 valence electrons. The zero-order valence-electron chi connectivity index (χ0n) is 7.77. The van der Waals surface area contributed by atoms with Crippen LogP contribution >= 0.6 is 11.6 Å². The van der Waals surface area contributed by atoms with Crippen LogP contribution in [0.5, 0.6) is 0 Å². The second-order valence-corrected chi connectivity index (χ2v) is 4.05. The summed E-state index contributed by atoms with van der Waals surface area (Å²) in [5.74, 6) is 0. The highest BCUT2D eigenvalue weighted by Gasteiger charge is 2.37. The largest absolute Gasteiger partial charge is 0.306 e. The van der Waals surface area contributed by atoms with Crippen molar-refractivity contribution in [2.24, 2.45) is 5.41 Å². The molecule has 1 rings (SSSR count). The van der Waals surface area contributed by atoms with Gasteiger partial charge in [-0.2, -0.15) is 0 Å². The third-order valence-electron chi connectivity index (χ3n) is 3.04. The molecule has 1 saturated heterocycles. The number of piperidine rings is 1. The van der Waals surface area contributed by atoms with Gasteiger partial charge in [-0.05, 0) is 51.0 Å². The first-order chi connectivity index (χ1) is 5.60. The van der Waals surface area contributed by atoms with E-state index in [2.05, 4.69) is 11.9 Å². The van der Waals surface area contributed by atoms with Gasteiger partial charge in [-0.25, -0.2) is 0 Å². The van der Waals surface area contributed by atoms with E-state index in [1.807, 2.05) is 6.92 Å². The van der Waals surface area contributed by atoms with Crippen LogP contribution in [0.15, 0.2) is 0 Å². The maximum absolute atomic E-state index is 11.2. The van der Waals surface area contributed by atoms with Gasteiger partial charge < -0.3 is 4.90 Å². The molecule has 0 aromatic rings. The van der Waals surface area contributed by atoms with Gasteiger partial charge in [-0.1, -0.05) is 6.92 Å². The SMILES string of the molecule is CCC1(C(=O)Cl)CCN(C)CC1. The summed E-state index contributed by atoms with van der Waals surface area (Å²) in [6.07, 6.45) is 2.72. The van der Waals surface area contributed by atoms with Crippen molar-refractivity contribution in [1.82, 2.24) is 4.90 Å². The van der Waals surface area contributed by atoms with Gasteiger partial charge in [0.05, 0.1) is 0 Å². The lowest BCUT2D eigenvalue weighted by atomic mass is 9.77. The van der Waals surface area contributed by atoms with Crippen molar-refractivity contribution in [2.45, 2.75) is 26.2 Å². The van der Waals surface area contributed by atoms with Crippen LogP contribution in [0.3, 0.4) is 0 Å². The van der Waals surface area contributed by atoms with Crippen LogP contribution in [-0.4, -0.2) is 30.3 Å². The van der Waals surface area contributed by atoms with E-state index >= 15 is 0 Å². The molecule has 12 heavy (non-hydrogen) atoms. The number of carbonyl (C=O) groups is 1. The molecule has 0 amide bonds. The molecule has 0 saturated carbocycles. The monoisotopic (exact) mass is 189 g/mol. The molecule has 0 unspecified atom stereocenters. The van der Waals surface area contributed by atoms with Crippen molar-refractivity contribution in [2.75, 3.05) is 20.1 Å². The summed E-state index contributed by atoms with van der Waals surface area (Å²) in [5.41, 5.74) is -0.214. The Hall–Kier alpha value is -0.0800. The van der Waals surface area contributed by atoms with Gasteiger partial charge in [-0.3, -0.25) is 4.79 Å². The van der Waals surface area contributed by atoms with Crippen LogP contribution in [0.4, 0.5) is 0 Å². The average molecular weight is 190 g/mol. The highest BCUT2D eigenvalue weighted by molar-refractivity contribution is 6.64. The number of halogens is 1. The quantitative estimate of drug-likeness (QED) is 0.619. The molecule has 0 spiro atoms. The normalized spacial score (nSPS) is 23.9. The van der Waals surface area contributed by atoms with Crippen molar-refractivity contribution >= 4 is 16.8 Å². The van der Waals surface area contributed by atoms with Crippen LogP contribution in [0, 0.1) is 5.41 Å². The van der Waals surface area contributed by atoms with E-state index in [-0.39, 0.29) is 10.7 Å². The van der Waals surface area contributed by atoms with E-state index in [1.54, 1.807) is 0 Å². The maximum atomic E-state index is 11.2. The van der Waals surface area contributed by atoms with Crippen LogP contribution in [0.25, 0.3) is 0 Å². The van der Waals surface area contributed by atoms with E-state index < -0.39 is 0 Å². The van der Waals surface area contributed by atoms with Gasteiger partial charge >= 0.3 is 0 Å². The summed E-state index contributed by atoms with van der Waals surface area (Å²) in [6, 6.07) is 0. The lowest BCUT2D eigenvalue weighted by molar-refractivity contribution is -0.123. The van der Waals surface area contributed by atoms with Crippen LogP contribution < -0.4 is 0 Å². The zero-order chi connectivity index (χ0) is 9.19. The molecule has 0 aromatic carbocycles.